The zero-order valence-electron chi connectivity index (χ0n) is 15.6. The predicted molar refractivity (Wildman–Crippen MR) is 106 cm³/mol. The van der Waals surface area contributed by atoms with Crippen molar-refractivity contribution in [3.8, 4) is 11.5 Å². The zero-order chi connectivity index (χ0) is 18.6. The predicted octanol–water partition coefficient (Wildman–Crippen LogP) is 3.13. The Morgan fingerprint density at radius 1 is 0.963 bits per heavy atom. The Labute approximate surface area is 159 Å². The van der Waals surface area contributed by atoms with Crippen LogP contribution in [-0.2, 0) is 4.79 Å². The van der Waals surface area contributed by atoms with Crippen molar-refractivity contribution in [3.05, 3.63) is 59.7 Å². The minimum absolute atomic E-state index is 0.0503. The Hall–Kier alpha value is -2.95. The minimum Gasteiger partial charge on any atom is -0.486 e. The molecular formula is C22H24N2O3. The van der Waals surface area contributed by atoms with Gasteiger partial charge in [0.2, 0.25) is 5.91 Å². The van der Waals surface area contributed by atoms with Gasteiger partial charge in [0.05, 0.1) is 0 Å². The summed E-state index contributed by atoms with van der Waals surface area (Å²) in [6.45, 7) is 6.45. The molecule has 5 nitrogen and oxygen atoms in total. The standard InChI is InChI=1S/C22H24N2O3/c1-17-4-2-3-5-19(17)23-10-12-24(13-11-23)22(25)9-7-18-6-8-20-21(16-18)27-15-14-26-20/h2-9,16H,10-15H2,1H3/b9-7+. The molecule has 0 saturated carbocycles. The van der Waals surface area contributed by atoms with E-state index in [2.05, 4.69) is 36.1 Å². The Kier molecular flexibility index (Phi) is 5.01. The van der Waals surface area contributed by atoms with E-state index >= 15 is 0 Å². The maximum absolute atomic E-state index is 12.5. The van der Waals surface area contributed by atoms with Gasteiger partial charge in [-0.15, -0.1) is 0 Å². The molecule has 0 atom stereocenters. The van der Waals surface area contributed by atoms with Crippen molar-refractivity contribution in [3.63, 3.8) is 0 Å². The van der Waals surface area contributed by atoms with Crippen LogP contribution in [0.5, 0.6) is 11.5 Å². The molecule has 27 heavy (non-hydrogen) atoms. The summed E-state index contributed by atoms with van der Waals surface area (Å²) in [5.41, 5.74) is 3.47. The first kappa shape index (κ1) is 17.5. The van der Waals surface area contributed by atoms with Gasteiger partial charge in [0.25, 0.3) is 0 Å². The van der Waals surface area contributed by atoms with Gasteiger partial charge in [0.1, 0.15) is 13.2 Å². The molecule has 2 aliphatic heterocycles. The lowest BCUT2D eigenvalue weighted by Gasteiger charge is -2.36. The zero-order valence-corrected chi connectivity index (χ0v) is 15.6. The maximum Gasteiger partial charge on any atom is 0.246 e. The number of amides is 1. The first-order valence-electron chi connectivity index (χ1n) is 9.38. The molecule has 0 bridgehead atoms. The van der Waals surface area contributed by atoms with Gasteiger partial charge in [-0.3, -0.25) is 4.79 Å². The number of ether oxygens (including phenoxy) is 2. The summed E-state index contributed by atoms with van der Waals surface area (Å²) < 4.78 is 11.1. The molecule has 2 aromatic carbocycles. The van der Waals surface area contributed by atoms with E-state index in [0.29, 0.717) is 13.2 Å². The first-order valence-corrected chi connectivity index (χ1v) is 9.38. The molecule has 2 aromatic rings. The van der Waals surface area contributed by atoms with Gasteiger partial charge in [0.15, 0.2) is 11.5 Å². The molecule has 2 heterocycles. The normalized spacial score (nSPS) is 16.6. The van der Waals surface area contributed by atoms with Crippen LogP contribution >= 0.6 is 0 Å². The summed E-state index contributed by atoms with van der Waals surface area (Å²) in [6, 6.07) is 14.1. The smallest absolute Gasteiger partial charge is 0.246 e. The van der Waals surface area contributed by atoms with Gasteiger partial charge in [-0.1, -0.05) is 24.3 Å². The summed E-state index contributed by atoms with van der Waals surface area (Å²) in [4.78, 5) is 16.8. The number of para-hydroxylation sites is 1. The number of benzene rings is 2. The topological polar surface area (TPSA) is 42.0 Å². The van der Waals surface area contributed by atoms with Crippen molar-refractivity contribution in [2.75, 3.05) is 44.3 Å². The third-order valence-electron chi connectivity index (χ3n) is 5.03. The van der Waals surface area contributed by atoms with Crippen molar-refractivity contribution >= 4 is 17.7 Å². The molecule has 1 fully saturated rings. The first-order chi connectivity index (χ1) is 13.2. The van der Waals surface area contributed by atoms with Crippen LogP contribution in [0.2, 0.25) is 0 Å². The Morgan fingerprint density at radius 2 is 1.70 bits per heavy atom. The second-order valence-electron chi connectivity index (χ2n) is 6.84. The van der Waals surface area contributed by atoms with Crippen LogP contribution in [0.1, 0.15) is 11.1 Å². The van der Waals surface area contributed by atoms with Gasteiger partial charge in [0, 0.05) is 37.9 Å². The second kappa shape index (κ2) is 7.74. The van der Waals surface area contributed by atoms with E-state index in [1.54, 1.807) is 6.08 Å². The quantitative estimate of drug-likeness (QED) is 0.785. The third-order valence-corrected chi connectivity index (χ3v) is 5.03. The van der Waals surface area contributed by atoms with E-state index in [1.165, 1.54) is 11.3 Å². The molecule has 0 aromatic heterocycles. The Morgan fingerprint density at radius 3 is 2.48 bits per heavy atom. The number of fused-ring (bicyclic) bond motifs is 1. The number of piperazine rings is 1. The molecule has 1 saturated heterocycles. The summed E-state index contributed by atoms with van der Waals surface area (Å²) in [5.74, 6) is 1.55. The molecule has 5 heteroatoms. The SMILES string of the molecule is Cc1ccccc1N1CCN(C(=O)/C=C/c2ccc3c(c2)OCCO3)CC1. The van der Waals surface area contributed by atoms with Crippen LogP contribution in [0, 0.1) is 6.92 Å². The highest BCUT2D eigenvalue weighted by atomic mass is 16.6. The van der Waals surface area contributed by atoms with E-state index < -0.39 is 0 Å². The van der Waals surface area contributed by atoms with Gasteiger partial charge >= 0.3 is 0 Å². The molecule has 0 aliphatic carbocycles. The summed E-state index contributed by atoms with van der Waals surface area (Å²) >= 11 is 0. The molecule has 0 spiro atoms. The number of rotatable bonds is 3. The van der Waals surface area contributed by atoms with E-state index in [1.807, 2.05) is 29.2 Å². The summed E-state index contributed by atoms with van der Waals surface area (Å²) in [6.07, 6.45) is 3.49. The lowest BCUT2D eigenvalue weighted by Crippen LogP contribution is -2.48. The fraction of sp³-hybridized carbons (Fsp3) is 0.318. The van der Waals surface area contributed by atoms with E-state index in [9.17, 15) is 4.79 Å². The molecule has 140 valence electrons. The molecule has 0 radical (unpaired) electrons. The number of aryl methyl sites for hydroxylation is 1. The number of carbonyl (C=O) groups excluding carboxylic acids is 1. The van der Waals surface area contributed by atoms with Crippen LogP contribution < -0.4 is 14.4 Å². The average molecular weight is 364 g/mol. The number of nitrogens with zero attached hydrogens (tertiary/aromatic N) is 2. The fourth-order valence-corrected chi connectivity index (χ4v) is 3.52. The van der Waals surface area contributed by atoms with Gasteiger partial charge in [-0.05, 0) is 42.3 Å². The van der Waals surface area contributed by atoms with Crippen molar-refractivity contribution < 1.29 is 14.3 Å². The number of hydrogen-bond donors (Lipinski definition) is 0. The molecule has 0 N–H and O–H groups in total. The maximum atomic E-state index is 12.5. The monoisotopic (exact) mass is 364 g/mol. The van der Waals surface area contributed by atoms with Crippen molar-refractivity contribution in [2.24, 2.45) is 0 Å². The number of hydrogen-bond acceptors (Lipinski definition) is 4. The Bertz CT molecular complexity index is 854. The van der Waals surface area contributed by atoms with Gasteiger partial charge in [-0.2, -0.15) is 0 Å². The highest BCUT2D eigenvalue weighted by molar-refractivity contribution is 5.92. The van der Waals surface area contributed by atoms with Crippen LogP contribution in [-0.4, -0.2) is 50.2 Å². The summed E-state index contributed by atoms with van der Waals surface area (Å²) in [7, 11) is 0. The van der Waals surface area contributed by atoms with Crippen molar-refractivity contribution in [1.29, 1.82) is 0 Å². The molecular weight excluding hydrogens is 340 g/mol. The molecule has 0 unspecified atom stereocenters. The van der Waals surface area contributed by atoms with Gasteiger partial charge in [-0.25, -0.2) is 0 Å². The van der Waals surface area contributed by atoms with E-state index in [0.717, 1.165) is 43.2 Å². The Balaban J connectivity index is 1.36. The van der Waals surface area contributed by atoms with Crippen LogP contribution in [0.4, 0.5) is 5.69 Å². The molecule has 1 amide bonds. The average Bonchev–Trinajstić information content (AvgIpc) is 2.72. The highest BCUT2D eigenvalue weighted by Gasteiger charge is 2.20. The van der Waals surface area contributed by atoms with E-state index in [4.69, 9.17) is 9.47 Å². The van der Waals surface area contributed by atoms with Gasteiger partial charge < -0.3 is 19.3 Å². The highest BCUT2D eigenvalue weighted by Crippen LogP contribution is 2.31. The number of carbonyl (C=O) groups is 1. The lowest BCUT2D eigenvalue weighted by atomic mass is 10.1. The van der Waals surface area contributed by atoms with Crippen LogP contribution in [0.3, 0.4) is 0 Å². The lowest BCUT2D eigenvalue weighted by molar-refractivity contribution is -0.126. The van der Waals surface area contributed by atoms with Crippen molar-refractivity contribution in [2.45, 2.75) is 6.92 Å². The largest absolute Gasteiger partial charge is 0.486 e. The van der Waals surface area contributed by atoms with E-state index in [-0.39, 0.29) is 5.91 Å². The van der Waals surface area contributed by atoms with Crippen molar-refractivity contribution in [1.82, 2.24) is 4.90 Å². The van der Waals surface area contributed by atoms with Crippen LogP contribution in [0.15, 0.2) is 48.5 Å². The third kappa shape index (κ3) is 3.92. The second-order valence-corrected chi connectivity index (χ2v) is 6.84. The fourth-order valence-electron chi connectivity index (χ4n) is 3.52. The molecule has 4 rings (SSSR count). The minimum atomic E-state index is 0.0503. The van der Waals surface area contributed by atoms with Crippen LogP contribution in [0.25, 0.3) is 6.08 Å². The summed E-state index contributed by atoms with van der Waals surface area (Å²) in [5, 5.41) is 0. The molecule has 2 aliphatic rings. The number of anilines is 1.